The van der Waals surface area contributed by atoms with Crippen molar-refractivity contribution in [3.05, 3.63) is 81.8 Å². The van der Waals surface area contributed by atoms with E-state index in [1.807, 2.05) is 13.8 Å². The van der Waals surface area contributed by atoms with Crippen LogP contribution in [0.2, 0.25) is 10.0 Å². The molecule has 2 unspecified atom stereocenters. The molecule has 0 aromatic heterocycles. The number of nitrogens with one attached hydrogen (secondary N) is 2. The van der Waals surface area contributed by atoms with Gasteiger partial charge in [0.2, 0.25) is 0 Å². The highest BCUT2D eigenvalue weighted by molar-refractivity contribution is 6.31. The van der Waals surface area contributed by atoms with Crippen LogP contribution in [0.3, 0.4) is 0 Å². The second-order valence-electron chi connectivity index (χ2n) is 7.90. The smallest absolute Gasteiger partial charge is 0.265 e. The van der Waals surface area contributed by atoms with E-state index in [1.54, 1.807) is 74.5 Å². The number of anilines is 2. The molecular weight excluding hydrogens is 475 g/mol. The molecule has 0 saturated heterocycles. The topological polar surface area (TPSA) is 76.7 Å². The number of carbonyl (C=O) groups is 2. The van der Waals surface area contributed by atoms with Crippen LogP contribution >= 0.6 is 23.2 Å². The standard InChI is InChI=1S/C26H26Cl2N2O4/c1-15-13-19(27)5-11-23(15)33-17(3)25(31)29-21-7-9-22(10-8-21)30-26(32)18(4)34-24-12-6-20(28)14-16(24)2/h5-14,17-18H,1-4H3,(H,29,31)(H,30,32). The van der Waals surface area contributed by atoms with Crippen molar-refractivity contribution in [2.75, 3.05) is 10.6 Å². The van der Waals surface area contributed by atoms with Crippen LogP contribution in [0, 0.1) is 13.8 Å². The zero-order valence-corrected chi connectivity index (χ0v) is 20.8. The van der Waals surface area contributed by atoms with Crippen LogP contribution in [0.1, 0.15) is 25.0 Å². The summed E-state index contributed by atoms with van der Waals surface area (Å²) in [6.07, 6.45) is -1.43. The van der Waals surface area contributed by atoms with E-state index in [9.17, 15) is 9.59 Å². The first-order valence-corrected chi connectivity index (χ1v) is 11.5. The van der Waals surface area contributed by atoms with Crippen LogP contribution in [-0.4, -0.2) is 24.0 Å². The fraction of sp³-hybridized carbons (Fsp3) is 0.231. The molecule has 0 aliphatic heterocycles. The summed E-state index contributed by atoms with van der Waals surface area (Å²) in [5, 5.41) is 6.82. The normalized spacial score (nSPS) is 12.4. The number of benzene rings is 3. The lowest BCUT2D eigenvalue weighted by Gasteiger charge is -2.17. The number of aryl methyl sites for hydroxylation is 2. The van der Waals surface area contributed by atoms with E-state index in [-0.39, 0.29) is 11.8 Å². The maximum Gasteiger partial charge on any atom is 0.265 e. The molecule has 2 N–H and O–H groups in total. The van der Waals surface area contributed by atoms with Gasteiger partial charge in [0.1, 0.15) is 11.5 Å². The Morgan fingerprint density at radius 2 is 1.03 bits per heavy atom. The minimum Gasteiger partial charge on any atom is -0.481 e. The first-order valence-electron chi connectivity index (χ1n) is 10.7. The Morgan fingerprint density at radius 3 is 1.35 bits per heavy atom. The van der Waals surface area contributed by atoms with Crippen LogP contribution in [0.4, 0.5) is 11.4 Å². The summed E-state index contributed by atoms with van der Waals surface area (Å²) < 4.78 is 11.5. The fourth-order valence-electron chi connectivity index (χ4n) is 3.10. The lowest BCUT2D eigenvalue weighted by Crippen LogP contribution is -2.30. The highest BCUT2D eigenvalue weighted by Crippen LogP contribution is 2.24. The van der Waals surface area contributed by atoms with Gasteiger partial charge in [-0.1, -0.05) is 23.2 Å². The third-order valence-electron chi connectivity index (χ3n) is 5.04. The molecule has 0 spiro atoms. The molecule has 2 amide bonds. The van der Waals surface area contributed by atoms with E-state index in [2.05, 4.69) is 10.6 Å². The molecular formula is C26H26Cl2N2O4. The molecule has 3 aromatic carbocycles. The zero-order valence-electron chi connectivity index (χ0n) is 19.3. The summed E-state index contributed by atoms with van der Waals surface area (Å²) >= 11 is 11.9. The van der Waals surface area contributed by atoms with Gasteiger partial charge in [0.25, 0.3) is 11.8 Å². The lowest BCUT2D eigenvalue weighted by molar-refractivity contribution is -0.122. The van der Waals surface area contributed by atoms with Crippen molar-refractivity contribution >= 4 is 46.4 Å². The summed E-state index contributed by atoms with van der Waals surface area (Å²) in [5.41, 5.74) is 2.84. The highest BCUT2D eigenvalue weighted by Gasteiger charge is 2.18. The van der Waals surface area contributed by atoms with Gasteiger partial charge in [-0.25, -0.2) is 0 Å². The van der Waals surface area contributed by atoms with Gasteiger partial charge in [-0.05, 0) is 99.5 Å². The minimum absolute atomic E-state index is 0.300. The van der Waals surface area contributed by atoms with Crippen LogP contribution < -0.4 is 20.1 Å². The van der Waals surface area contributed by atoms with Gasteiger partial charge >= 0.3 is 0 Å². The molecule has 0 aliphatic rings. The summed E-state index contributed by atoms with van der Waals surface area (Å²) in [4.78, 5) is 25.0. The number of halogens is 2. The van der Waals surface area contributed by atoms with Gasteiger partial charge < -0.3 is 20.1 Å². The molecule has 0 saturated carbocycles. The molecule has 0 aliphatic carbocycles. The number of carbonyl (C=O) groups excluding carboxylic acids is 2. The average Bonchev–Trinajstić information content (AvgIpc) is 2.78. The van der Waals surface area contributed by atoms with Gasteiger partial charge in [0.15, 0.2) is 12.2 Å². The van der Waals surface area contributed by atoms with Gasteiger partial charge in [0, 0.05) is 21.4 Å². The Labute approximate surface area is 209 Å². The van der Waals surface area contributed by atoms with Crippen molar-refractivity contribution in [1.82, 2.24) is 0 Å². The van der Waals surface area contributed by atoms with Gasteiger partial charge in [0.05, 0.1) is 0 Å². The highest BCUT2D eigenvalue weighted by atomic mass is 35.5. The van der Waals surface area contributed by atoms with Crippen LogP contribution in [0.25, 0.3) is 0 Å². The zero-order chi connectivity index (χ0) is 24.8. The largest absolute Gasteiger partial charge is 0.481 e. The average molecular weight is 501 g/mol. The van der Waals surface area contributed by atoms with E-state index in [4.69, 9.17) is 32.7 Å². The van der Waals surface area contributed by atoms with Crippen molar-refractivity contribution < 1.29 is 19.1 Å². The van der Waals surface area contributed by atoms with E-state index >= 15 is 0 Å². The van der Waals surface area contributed by atoms with E-state index < -0.39 is 12.2 Å². The first-order chi connectivity index (χ1) is 16.1. The van der Waals surface area contributed by atoms with Crippen LogP contribution in [-0.2, 0) is 9.59 Å². The molecule has 3 rings (SSSR count). The molecule has 178 valence electrons. The van der Waals surface area contributed by atoms with Crippen molar-refractivity contribution in [3.63, 3.8) is 0 Å². The summed E-state index contributed by atoms with van der Waals surface area (Å²) in [6, 6.07) is 17.2. The number of rotatable bonds is 8. The predicted octanol–water partition coefficient (Wildman–Crippen LogP) is 6.42. The molecule has 6 nitrogen and oxygen atoms in total. The van der Waals surface area contributed by atoms with Crippen molar-refractivity contribution in [1.29, 1.82) is 0 Å². The van der Waals surface area contributed by atoms with Gasteiger partial charge in [-0.2, -0.15) is 0 Å². The van der Waals surface area contributed by atoms with Crippen molar-refractivity contribution in [2.45, 2.75) is 39.9 Å². The predicted molar refractivity (Wildman–Crippen MR) is 136 cm³/mol. The second-order valence-corrected chi connectivity index (χ2v) is 8.77. The van der Waals surface area contributed by atoms with Crippen LogP contribution in [0.5, 0.6) is 11.5 Å². The Morgan fingerprint density at radius 1 is 0.676 bits per heavy atom. The Hall–Kier alpha value is -3.22. The maximum atomic E-state index is 12.5. The SMILES string of the molecule is Cc1cc(Cl)ccc1OC(C)C(=O)Nc1ccc(NC(=O)C(C)Oc2ccc(Cl)cc2C)cc1. The Balaban J connectivity index is 1.53. The Kier molecular flexibility index (Phi) is 8.42. The monoisotopic (exact) mass is 500 g/mol. The summed E-state index contributed by atoms with van der Waals surface area (Å²) in [6.45, 7) is 7.06. The van der Waals surface area contributed by atoms with Gasteiger partial charge in [-0.3, -0.25) is 9.59 Å². The van der Waals surface area contributed by atoms with Crippen molar-refractivity contribution in [3.8, 4) is 11.5 Å². The molecule has 2 atom stereocenters. The third-order valence-corrected chi connectivity index (χ3v) is 5.51. The summed E-state index contributed by atoms with van der Waals surface area (Å²) in [5.74, 6) is 0.587. The number of hydrogen-bond donors (Lipinski definition) is 2. The molecule has 0 bridgehead atoms. The Bertz CT molecular complexity index is 1090. The minimum atomic E-state index is -0.714. The third kappa shape index (κ3) is 6.89. The van der Waals surface area contributed by atoms with E-state index in [1.165, 1.54) is 0 Å². The van der Waals surface area contributed by atoms with Crippen molar-refractivity contribution in [2.24, 2.45) is 0 Å². The van der Waals surface area contributed by atoms with Gasteiger partial charge in [-0.15, -0.1) is 0 Å². The van der Waals surface area contributed by atoms with E-state index in [0.717, 1.165) is 11.1 Å². The van der Waals surface area contributed by atoms with Crippen LogP contribution in [0.15, 0.2) is 60.7 Å². The fourth-order valence-corrected chi connectivity index (χ4v) is 3.56. The number of hydrogen-bond acceptors (Lipinski definition) is 4. The molecule has 0 heterocycles. The number of amides is 2. The second kappa shape index (κ2) is 11.3. The maximum absolute atomic E-state index is 12.5. The quantitative estimate of drug-likeness (QED) is 0.373. The number of ether oxygens (including phenoxy) is 2. The van der Waals surface area contributed by atoms with E-state index in [0.29, 0.717) is 32.9 Å². The lowest BCUT2D eigenvalue weighted by atomic mass is 10.2. The molecule has 3 aromatic rings. The first kappa shape index (κ1) is 25.4. The molecule has 0 fully saturated rings. The molecule has 0 radical (unpaired) electrons. The summed E-state index contributed by atoms with van der Waals surface area (Å²) in [7, 11) is 0. The molecule has 34 heavy (non-hydrogen) atoms. The molecule has 8 heteroatoms.